The molecular formula is C22H20N2O3S. The van der Waals surface area contributed by atoms with E-state index < -0.39 is 10.0 Å². The summed E-state index contributed by atoms with van der Waals surface area (Å²) in [6, 6.07) is 24.2. The Balaban J connectivity index is 1.56. The third kappa shape index (κ3) is 3.77. The maximum absolute atomic E-state index is 12.7. The number of hydrogen-bond donors (Lipinski definition) is 1. The molecule has 4 rings (SSSR count). The molecule has 1 heterocycles. The largest absolute Gasteiger partial charge is 0.322 e. The van der Waals surface area contributed by atoms with E-state index in [1.165, 1.54) is 4.31 Å². The molecule has 0 atom stereocenters. The highest BCUT2D eigenvalue weighted by atomic mass is 32.2. The highest BCUT2D eigenvalue weighted by Crippen LogP contribution is 2.27. The average Bonchev–Trinajstić information content (AvgIpc) is 3.08. The summed E-state index contributed by atoms with van der Waals surface area (Å²) in [5, 5.41) is 2.87. The quantitative estimate of drug-likeness (QED) is 0.725. The predicted octanol–water partition coefficient (Wildman–Crippen LogP) is 4.15. The third-order valence-corrected chi connectivity index (χ3v) is 6.59. The summed E-state index contributed by atoms with van der Waals surface area (Å²) in [7, 11) is -3.25. The van der Waals surface area contributed by atoms with Crippen molar-refractivity contribution >= 4 is 27.3 Å². The van der Waals surface area contributed by atoms with E-state index in [1.807, 2.05) is 48.5 Å². The molecule has 0 spiro atoms. The Kier molecular flexibility index (Phi) is 4.88. The summed E-state index contributed by atoms with van der Waals surface area (Å²) in [6.45, 7) is 0.471. The van der Waals surface area contributed by atoms with Gasteiger partial charge in [-0.15, -0.1) is 0 Å². The van der Waals surface area contributed by atoms with Crippen molar-refractivity contribution in [2.24, 2.45) is 0 Å². The number of carbonyl (C=O) groups is 1. The number of hydrogen-bond acceptors (Lipinski definition) is 3. The fraction of sp³-hybridized carbons (Fsp3) is 0.136. The maximum Gasteiger partial charge on any atom is 0.255 e. The summed E-state index contributed by atoms with van der Waals surface area (Å²) in [5.74, 6) is -0.0743. The lowest BCUT2D eigenvalue weighted by Crippen LogP contribution is -2.25. The summed E-state index contributed by atoms with van der Waals surface area (Å²) < 4.78 is 25.7. The lowest BCUT2D eigenvalue weighted by molar-refractivity contribution is 0.102. The SMILES string of the molecule is O=C(Nc1cccc(N2CCCS2(=O)=O)c1)c1cccc(-c2ccccc2)c1. The van der Waals surface area contributed by atoms with E-state index in [4.69, 9.17) is 0 Å². The molecule has 3 aromatic carbocycles. The summed E-state index contributed by atoms with van der Waals surface area (Å²) in [4.78, 5) is 12.7. The van der Waals surface area contributed by atoms with Crippen LogP contribution in [0.2, 0.25) is 0 Å². The first-order chi connectivity index (χ1) is 13.5. The molecule has 0 aromatic heterocycles. The van der Waals surface area contributed by atoms with E-state index in [2.05, 4.69) is 5.32 Å². The van der Waals surface area contributed by atoms with Crippen LogP contribution < -0.4 is 9.62 Å². The summed E-state index contributed by atoms with van der Waals surface area (Å²) in [5.41, 5.74) is 3.69. The maximum atomic E-state index is 12.7. The van der Waals surface area contributed by atoms with Crippen molar-refractivity contribution in [2.75, 3.05) is 21.9 Å². The van der Waals surface area contributed by atoms with Gasteiger partial charge in [-0.25, -0.2) is 8.42 Å². The number of amides is 1. The third-order valence-electron chi connectivity index (χ3n) is 4.72. The van der Waals surface area contributed by atoms with Gasteiger partial charge in [0.25, 0.3) is 5.91 Å². The van der Waals surface area contributed by atoms with Crippen LogP contribution in [-0.4, -0.2) is 26.6 Å². The fourth-order valence-electron chi connectivity index (χ4n) is 3.34. The van der Waals surface area contributed by atoms with Crippen LogP contribution >= 0.6 is 0 Å². The molecule has 0 aliphatic carbocycles. The molecule has 1 saturated heterocycles. The van der Waals surface area contributed by atoms with E-state index in [9.17, 15) is 13.2 Å². The van der Waals surface area contributed by atoms with E-state index >= 15 is 0 Å². The van der Waals surface area contributed by atoms with E-state index in [-0.39, 0.29) is 11.7 Å². The van der Waals surface area contributed by atoms with Gasteiger partial charge >= 0.3 is 0 Å². The molecule has 142 valence electrons. The first-order valence-corrected chi connectivity index (χ1v) is 10.7. The molecule has 3 aromatic rings. The first kappa shape index (κ1) is 18.3. The molecule has 0 unspecified atom stereocenters. The van der Waals surface area contributed by atoms with Crippen LogP contribution in [0.1, 0.15) is 16.8 Å². The highest BCUT2D eigenvalue weighted by molar-refractivity contribution is 7.93. The van der Waals surface area contributed by atoms with Gasteiger partial charge in [0.1, 0.15) is 0 Å². The number of carbonyl (C=O) groups excluding carboxylic acids is 1. The smallest absolute Gasteiger partial charge is 0.255 e. The molecule has 0 saturated carbocycles. The molecular weight excluding hydrogens is 372 g/mol. The van der Waals surface area contributed by atoms with Gasteiger partial charge in [0.05, 0.1) is 11.4 Å². The molecule has 1 aliphatic rings. The van der Waals surface area contributed by atoms with E-state index in [0.29, 0.717) is 29.9 Å². The number of nitrogens with one attached hydrogen (secondary N) is 1. The van der Waals surface area contributed by atoms with Gasteiger partial charge in [0.15, 0.2) is 0 Å². The molecule has 1 amide bonds. The van der Waals surface area contributed by atoms with Crippen LogP contribution in [0.4, 0.5) is 11.4 Å². The molecule has 0 radical (unpaired) electrons. The minimum Gasteiger partial charge on any atom is -0.322 e. The van der Waals surface area contributed by atoms with E-state index in [0.717, 1.165) is 11.1 Å². The van der Waals surface area contributed by atoms with Gasteiger partial charge in [-0.1, -0.05) is 48.5 Å². The van der Waals surface area contributed by atoms with Crippen molar-refractivity contribution < 1.29 is 13.2 Å². The number of benzene rings is 3. The molecule has 1 fully saturated rings. The monoisotopic (exact) mass is 392 g/mol. The Morgan fingerprint density at radius 2 is 1.61 bits per heavy atom. The van der Waals surface area contributed by atoms with Gasteiger partial charge in [0, 0.05) is 17.8 Å². The zero-order valence-corrected chi connectivity index (χ0v) is 16.0. The minimum absolute atomic E-state index is 0.163. The van der Waals surface area contributed by atoms with Crippen molar-refractivity contribution in [1.82, 2.24) is 0 Å². The second-order valence-corrected chi connectivity index (χ2v) is 8.71. The number of rotatable bonds is 4. The fourth-order valence-corrected chi connectivity index (χ4v) is 4.90. The van der Waals surface area contributed by atoms with Crippen LogP contribution in [0.25, 0.3) is 11.1 Å². The predicted molar refractivity (Wildman–Crippen MR) is 112 cm³/mol. The summed E-state index contributed by atoms with van der Waals surface area (Å²) in [6.07, 6.45) is 0.616. The lowest BCUT2D eigenvalue weighted by atomic mass is 10.0. The molecule has 1 aliphatic heterocycles. The first-order valence-electron chi connectivity index (χ1n) is 9.10. The Bertz CT molecular complexity index is 1110. The number of anilines is 2. The molecule has 28 heavy (non-hydrogen) atoms. The van der Waals surface area contributed by atoms with Crippen molar-refractivity contribution in [3.05, 3.63) is 84.4 Å². The summed E-state index contributed by atoms with van der Waals surface area (Å²) >= 11 is 0. The van der Waals surface area contributed by atoms with Crippen LogP contribution in [0, 0.1) is 0 Å². The Morgan fingerprint density at radius 3 is 2.36 bits per heavy atom. The minimum atomic E-state index is -3.25. The Morgan fingerprint density at radius 1 is 0.857 bits per heavy atom. The number of nitrogens with zero attached hydrogens (tertiary/aromatic N) is 1. The van der Waals surface area contributed by atoms with Gasteiger partial charge in [-0.3, -0.25) is 9.10 Å². The zero-order valence-electron chi connectivity index (χ0n) is 15.2. The molecule has 1 N–H and O–H groups in total. The highest BCUT2D eigenvalue weighted by Gasteiger charge is 2.28. The van der Waals surface area contributed by atoms with Gasteiger partial charge in [0.2, 0.25) is 10.0 Å². The standard InChI is InChI=1S/C22H20N2O3S/c25-22(19-10-4-9-18(15-19)17-7-2-1-3-8-17)23-20-11-5-12-21(16-20)24-13-6-14-28(24,26)27/h1-5,7-12,15-16H,6,13-14H2,(H,23,25). The van der Waals surface area contributed by atoms with Gasteiger partial charge < -0.3 is 5.32 Å². The van der Waals surface area contributed by atoms with Crippen LogP contribution in [0.15, 0.2) is 78.9 Å². The van der Waals surface area contributed by atoms with E-state index in [1.54, 1.807) is 30.3 Å². The molecule has 6 heteroatoms. The van der Waals surface area contributed by atoms with Crippen molar-refractivity contribution in [3.63, 3.8) is 0 Å². The van der Waals surface area contributed by atoms with Crippen LogP contribution in [-0.2, 0) is 10.0 Å². The van der Waals surface area contributed by atoms with Gasteiger partial charge in [-0.05, 0) is 47.9 Å². The topological polar surface area (TPSA) is 66.5 Å². The van der Waals surface area contributed by atoms with Crippen LogP contribution in [0.3, 0.4) is 0 Å². The zero-order chi connectivity index (χ0) is 19.6. The second kappa shape index (κ2) is 7.48. The second-order valence-electron chi connectivity index (χ2n) is 6.69. The normalized spacial score (nSPS) is 15.4. The van der Waals surface area contributed by atoms with Crippen molar-refractivity contribution in [3.8, 4) is 11.1 Å². The lowest BCUT2D eigenvalue weighted by Gasteiger charge is -2.17. The van der Waals surface area contributed by atoms with Crippen LogP contribution in [0.5, 0.6) is 0 Å². The molecule has 0 bridgehead atoms. The van der Waals surface area contributed by atoms with Crippen molar-refractivity contribution in [1.29, 1.82) is 0 Å². The van der Waals surface area contributed by atoms with Gasteiger partial charge in [-0.2, -0.15) is 0 Å². The Hall–Kier alpha value is -3.12. The Labute approximate surface area is 164 Å². The number of sulfonamides is 1. The van der Waals surface area contributed by atoms with Crippen molar-refractivity contribution in [2.45, 2.75) is 6.42 Å². The molecule has 5 nitrogen and oxygen atoms in total. The average molecular weight is 392 g/mol.